The third kappa shape index (κ3) is 5.66. The smallest absolute Gasteiger partial charge is 0.475 e. The summed E-state index contributed by atoms with van der Waals surface area (Å²) >= 11 is 0. The van der Waals surface area contributed by atoms with E-state index in [1.165, 1.54) is 0 Å². The van der Waals surface area contributed by atoms with Crippen LogP contribution in [0, 0.1) is 0 Å². The minimum absolute atomic E-state index is 0.0116. The number of pyridine rings is 1. The molecule has 2 aliphatic heterocycles. The molecule has 2 saturated heterocycles. The molecule has 4 rings (SSSR count). The number of carbonyl (C=O) groups excluding carboxylic acids is 1. The normalized spacial score (nSPS) is 18.4. The second kappa shape index (κ2) is 9.25. The summed E-state index contributed by atoms with van der Waals surface area (Å²) in [6.45, 7) is 2.33. The number of aliphatic carboxylic acids is 1. The summed E-state index contributed by atoms with van der Waals surface area (Å²) in [4.78, 5) is 37.9. The Kier molecular flexibility index (Phi) is 6.68. The van der Waals surface area contributed by atoms with Gasteiger partial charge < -0.3 is 19.6 Å². The number of anilines is 2. The summed E-state index contributed by atoms with van der Waals surface area (Å²) in [5, 5.41) is 7.12. The molecule has 0 unspecified atom stereocenters. The maximum atomic E-state index is 12.2. The van der Waals surface area contributed by atoms with E-state index in [2.05, 4.69) is 19.9 Å². The van der Waals surface area contributed by atoms with Gasteiger partial charge in [0, 0.05) is 31.7 Å². The van der Waals surface area contributed by atoms with Crippen molar-refractivity contribution in [2.24, 2.45) is 0 Å². The molecular formula is C19H20F3N5O4. The highest BCUT2D eigenvalue weighted by Gasteiger charge is 2.43. The van der Waals surface area contributed by atoms with Crippen molar-refractivity contribution in [1.82, 2.24) is 15.0 Å². The SMILES string of the molecule is O=C(O)C(F)(F)F.O=C1COC2(CCN(c3ncccn3)CC2)CN1c1cccnc1. The molecule has 0 aliphatic carbocycles. The summed E-state index contributed by atoms with van der Waals surface area (Å²) in [5.41, 5.74) is 0.536. The van der Waals surface area contributed by atoms with Gasteiger partial charge in [0.1, 0.15) is 6.61 Å². The molecule has 9 nitrogen and oxygen atoms in total. The Balaban J connectivity index is 0.000000339. The molecule has 31 heavy (non-hydrogen) atoms. The average molecular weight is 439 g/mol. The van der Waals surface area contributed by atoms with Crippen molar-refractivity contribution in [2.45, 2.75) is 24.6 Å². The minimum Gasteiger partial charge on any atom is -0.475 e. The average Bonchev–Trinajstić information content (AvgIpc) is 2.77. The molecule has 2 aromatic rings. The van der Waals surface area contributed by atoms with Gasteiger partial charge in [-0.25, -0.2) is 14.8 Å². The number of hydrogen-bond acceptors (Lipinski definition) is 7. The topological polar surface area (TPSA) is 109 Å². The van der Waals surface area contributed by atoms with Crippen LogP contribution in [0.2, 0.25) is 0 Å². The van der Waals surface area contributed by atoms with Gasteiger partial charge in [0.15, 0.2) is 0 Å². The predicted octanol–water partition coefficient (Wildman–Crippen LogP) is 1.91. The molecule has 0 aromatic carbocycles. The third-order valence-electron chi connectivity index (χ3n) is 4.96. The van der Waals surface area contributed by atoms with Crippen molar-refractivity contribution in [3.63, 3.8) is 0 Å². The Morgan fingerprint density at radius 3 is 2.32 bits per heavy atom. The van der Waals surface area contributed by atoms with Gasteiger partial charge in [0.25, 0.3) is 5.91 Å². The molecule has 1 N–H and O–H groups in total. The van der Waals surface area contributed by atoms with Crippen molar-refractivity contribution in [3.8, 4) is 0 Å². The number of alkyl halides is 3. The fraction of sp³-hybridized carbons (Fsp3) is 0.421. The molecule has 2 aliphatic rings. The zero-order valence-electron chi connectivity index (χ0n) is 16.3. The molecule has 0 radical (unpaired) electrons. The number of carboxylic acids is 1. The molecule has 0 saturated carbocycles. The van der Waals surface area contributed by atoms with Gasteiger partial charge in [-0.15, -0.1) is 0 Å². The Hall–Kier alpha value is -3.28. The molecule has 1 spiro atoms. The number of carbonyl (C=O) groups is 2. The molecule has 0 bridgehead atoms. The van der Waals surface area contributed by atoms with E-state index in [1.54, 1.807) is 29.7 Å². The highest BCUT2D eigenvalue weighted by atomic mass is 19.4. The molecule has 4 heterocycles. The lowest BCUT2D eigenvalue weighted by atomic mass is 9.89. The van der Waals surface area contributed by atoms with Gasteiger partial charge in [-0.1, -0.05) is 0 Å². The lowest BCUT2D eigenvalue weighted by molar-refractivity contribution is -0.192. The number of morpholine rings is 1. The van der Waals surface area contributed by atoms with Gasteiger partial charge in [-0.2, -0.15) is 13.2 Å². The van der Waals surface area contributed by atoms with Crippen molar-refractivity contribution < 1.29 is 32.6 Å². The van der Waals surface area contributed by atoms with Crippen LogP contribution in [0.3, 0.4) is 0 Å². The first kappa shape index (κ1) is 22.4. The molecule has 166 valence electrons. The molecule has 0 atom stereocenters. The van der Waals surface area contributed by atoms with Gasteiger partial charge in [-0.3, -0.25) is 9.78 Å². The summed E-state index contributed by atoms with van der Waals surface area (Å²) in [6.07, 6.45) is 3.55. The quantitative estimate of drug-likeness (QED) is 0.756. The first-order valence-corrected chi connectivity index (χ1v) is 9.37. The second-order valence-electron chi connectivity index (χ2n) is 7.00. The highest BCUT2D eigenvalue weighted by Crippen LogP contribution is 2.33. The van der Waals surface area contributed by atoms with E-state index in [9.17, 15) is 18.0 Å². The fourth-order valence-corrected chi connectivity index (χ4v) is 3.33. The number of amides is 1. The predicted molar refractivity (Wildman–Crippen MR) is 102 cm³/mol. The maximum Gasteiger partial charge on any atom is 0.490 e. The van der Waals surface area contributed by atoms with Crippen molar-refractivity contribution >= 4 is 23.5 Å². The number of piperidine rings is 1. The number of hydrogen-bond donors (Lipinski definition) is 1. The standard InChI is InChI=1S/C17H19N5O2.C2HF3O2/c23-15-12-24-17(13-22(15)14-3-1-6-18-11-14)4-9-21(10-5-17)16-19-7-2-8-20-16;3-2(4,5)1(6)7/h1-3,6-8,11H,4-5,9-10,12-13H2;(H,6,7). The number of nitrogens with zero attached hydrogens (tertiary/aromatic N) is 5. The Morgan fingerprint density at radius 2 is 1.77 bits per heavy atom. The first-order chi connectivity index (χ1) is 14.7. The number of rotatable bonds is 2. The van der Waals surface area contributed by atoms with Crippen molar-refractivity contribution in [2.75, 3.05) is 36.0 Å². The van der Waals surface area contributed by atoms with Gasteiger partial charge in [-0.05, 0) is 31.0 Å². The third-order valence-corrected chi connectivity index (χ3v) is 4.96. The van der Waals surface area contributed by atoms with Crippen LogP contribution in [0.25, 0.3) is 0 Å². The Labute approximate surface area is 175 Å². The lowest BCUT2D eigenvalue weighted by Crippen LogP contribution is -2.59. The summed E-state index contributed by atoms with van der Waals surface area (Å²) < 4.78 is 37.7. The molecule has 2 fully saturated rings. The van der Waals surface area contributed by atoms with Crippen LogP contribution in [-0.4, -0.2) is 70.0 Å². The molecule has 12 heteroatoms. The van der Waals surface area contributed by atoms with Crippen molar-refractivity contribution in [1.29, 1.82) is 0 Å². The fourth-order valence-electron chi connectivity index (χ4n) is 3.33. The zero-order chi connectivity index (χ0) is 22.5. The van der Waals surface area contributed by atoms with Crippen LogP contribution in [0.4, 0.5) is 24.8 Å². The van der Waals surface area contributed by atoms with Gasteiger partial charge in [0.05, 0.1) is 24.0 Å². The minimum atomic E-state index is -5.08. The van der Waals surface area contributed by atoms with Crippen LogP contribution in [-0.2, 0) is 14.3 Å². The molecule has 2 aromatic heterocycles. The monoisotopic (exact) mass is 439 g/mol. The maximum absolute atomic E-state index is 12.2. The summed E-state index contributed by atoms with van der Waals surface area (Å²) in [6, 6.07) is 5.58. The van der Waals surface area contributed by atoms with Gasteiger partial charge in [0.2, 0.25) is 5.95 Å². The van der Waals surface area contributed by atoms with Crippen LogP contribution in [0.15, 0.2) is 43.0 Å². The zero-order valence-corrected chi connectivity index (χ0v) is 16.3. The van der Waals surface area contributed by atoms with E-state index in [0.29, 0.717) is 6.54 Å². The molecular weight excluding hydrogens is 419 g/mol. The summed E-state index contributed by atoms with van der Waals surface area (Å²) in [7, 11) is 0. The number of carboxylic acid groups (broad SMARTS) is 1. The Bertz CT molecular complexity index is 890. The van der Waals surface area contributed by atoms with Crippen LogP contribution in [0.1, 0.15) is 12.8 Å². The van der Waals surface area contributed by atoms with E-state index in [0.717, 1.165) is 37.6 Å². The van der Waals surface area contributed by atoms with E-state index >= 15 is 0 Å². The van der Waals surface area contributed by atoms with Crippen LogP contribution >= 0.6 is 0 Å². The van der Waals surface area contributed by atoms with E-state index in [-0.39, 0.29) is 18.1 Å². The summed E-state index contributed by atoms with van der Waals surface area (Å²) in [5.74, 6) is -2.02. The lowest BCUT2D eigenvalue weighted by Gasteiger charge is -2.46. The highest BCUT2D eigenvalue weighted by molar-refractivity contribution is 5.95. The number of ether oxygens (including phenoxy) is 1. The first-order valence-electron chi connectivity index (χ1n) is 9.37. The van der Waals surface area contributed by atoms with Crippen molar-refractivity contribution in [3.05, 3.63) is 43.0 Å². The van der Waals surface area contributed by atoms with Gasteiger partial charge >= 0.3 is 12.1 Å². The largest absolute Gasteiger partial charge is 0.490 e. The molecule has 1 amide bonds. The van der Waals surface area contributed by atoms with E-state index < -0.39 is 12.1 Å². The number of halogens is 3. The van der Waals surface area contributed by atoms with E-state index in [1.807, 2.05) is 18.2 Å². The second-order valence-corrected chi connectivity index (χ2v) is 7.00. The van der Waals surface area contributed by atoms with E-state index in [4.69, 9.17) is 14.6 Å². The van der Waals surface area contributed by atoms with Crippen LogP contribution < -0.4 is 9.80 Å². The number of aromatic nitrogens is 3. The Morgan fingerprint density at radius 1 is 1.13 bits per heavy atom. The van der Waals surface area contributed by atoms with Crippen LogP contribution in [0.5, 0.6) is 0 Å².